The van der Waals surface area contributed by atoms with E-state index >= 15 is 0 Å². The predicted molar refractivity (Wildman–Crippen MR) is 57.8 cm³/mol. The molecule has 8 heteroatoms. The molecular formula is C8H6N4O2S2. The topological polar surface area (TPSA) is 88.9 Å². The molecule has 0 fully saturated rings. The van der Waals surface area contributed by atoms with E-state index in [2.05, 4.69) is 19.3 Å². The summed E-state index contributed by atoms with van der Waals surface area (Å²) >= 11 is 2.41. The minimum Gasteiger partial charge on any atom is -0.477 e. The van der Waals surface area contributed by atoms with E-state index in [9.17, 15) is 4.79 Å². The molecule has 0 spiro atoms. The van der Waals surface area contributed by atoms with Crippen molar-refractivity contribution in [2.75, 3.05) is 0 Å². The molecule has 0 aliphatic heterocycles. The summed E-state index contributed by atoms with van der Waals surface area (Å²) < 4.78 is 4.52. The van der Waals surface area contributed by atoms with Gasteiger partial charge < -0.3 is 5.11 Å². The number of aromatic nitrogens is 4. The van der Waals surface area contributed by atoms with Crippen LogP contribution in [-0.4, -0.2) is 30.4 Å². The van der Waals surface area contributed by atoms with Crippen LogP contribution in [0.25, 0.3) is 0 Å². The van der Waals surface area contributed by atoms with Gasteiger partial charge in [-0.1, -0.05) is 0 Å². The lowest BCUT2D eigenvalue weighted by molar-refractivity contribution is 0.0689. The second kappa shape index (κ2) is 4.54. The molecule has 6 nitrogen and oxygen atoms in total. The summed E-state index contributed by atoms with van der Waals surface area (Å²) in [7, 11) is 0. The SMILES string of the molecule is Cc1cc(C(=O)O)nc(Sc2ncns2)n1. The number of carbonyl (C=O) groups is 1. The van der Waals surface area contributed by atoms with Crippen LogP contribution in [0.5, 0.6) is 0 Å². The number of carboxylic acids is 1. The van der Waals surface area contributed by atoms with Gasteiger partial charge >= 0.3 is 5.97 Å². The Bertz CT molecular complexity index is 515. The van der Waals surface area contributed by atoms with Gasteiger partial charge in [0, 0.05) is 5.69 Å². The number of hydrogen-bond donors (Lipinski definition) is 1. The summed E-state index contributed by atoms with van der Waals surface area (Å²) in [5, 5.41) is 9.20. The standard InChI is InChI=1S/C8H6N4O2S2/c1-4-2-5(6(13)14)12-7(11-4)15-8-9-3-10-16-8/h2-3H,1H3,(H,13,14). The fraction of sp³-hybridized carbons (Fsp3) is 0.125. The first kappa shape index (κ1) is 11.0. The maximum atomic E-state index is 10.8. The van der Waals surface area contributed by atoms with Crippen LogP contribution < -0.4 is 0 Å². The molecule has 0 radical (unpaired) electrons. The van der Waals surface area contributed by atoms with E-state index in [1.54, 1.807) is 6.92 Å². The first-order valence-corrected chi connectivity index (χ1v) is 5.77. The predicted octanol–water partition coefficient (Wildman–Crippen LogP) is 1.49. The van der Waals surface area contributed by atoms with Gasteiger partial charge in [-0.3, -0.25) is 0 Å². The number of aryl methyl sites for hydroxylation is 1. The van der Waals surface area contributed by atoms with Gasteiger partial charge in [-0.2, -0.15) is 4.37 Å². The van der Waals surface area contributed by atoms with E-state index in [-0.39, 0.29) is 5.69 Å². The van der Waals surface area contributed by atoms with Gasteiger partial charge in [0.2, 0.25) is 0 Å². The van der Waals surface area contributed by atoms with Gasteiger partial charge in [-0.05, 0) is 36.3 Å². The highest BCUT2D eigenvalue weighted by Crippen LogP contribution is 2.25. The molecule has 0 aromatic carbocycles. The molecule has 16 heavy (non-hydrogen) atoms. The number of rotatable bonds is 3. The number of nitrogens with zero attached hydrogens (tertiary/aromatic N) is 4. The van der Waals surface area contributed by atoms with E-state index in [0.29, 0.717) is 15.2 Å². The molecule has 2 aromatic heterocycles. The lowest BCUT2D eigenvalue weighted by atomic mass is 10.3. The summed E-state index contributed by atoms with van der Waals surface area (Å²) in [6.45, 7) is 1.72. The largest absolute Gasteiger partial charge is 0.477 e. The van der Waals surface area contributed by atoms with Gasteiger partial charge in [0.25, 0.3) is 0 Å². The van der Waals surface area contributed by atoms with Crippen molar-refractivity contribution in [2.24, 2.45) is 0 Å². The maximum absolute atomic E-state index is 10.8. The van der Waals surface area contributed by atoms with E-state index in [0.717, 1.165) is 0 Å². The van der Waals surface area contributed by atoms with Crippen LogP contribution in [0.15, 0.2) is 21.9 Å². The molecule has 0 aliphatic carbocycles. The highest BCUT2D eigenvalue weighted by Gasteiger charge is 2.10. The van der Waals surface area contributed by atoms with Gasteiger partial charge in [0.05, 0.1) is 0 Å². The first-order chi connectivity index (χ1) is 7.65. The van der Waals surface area contributed by atoms with Crippen LogP contribution >= 0.6 is 23.3 Å². The molecule has 0 saturated heterocycles. The zero-order chi connectivity index (χ0) is 11.5. The summed E-state index contributed by atoms with van der Waals surface area (Å²) in [5.41, 5.74) is 0.596. The minimum atomic E-state index is -1.07. The fourth-order valence-corrected chi connectivity index (χ4v) is 2.35. The van der Waals surface area contributed by atoms with Crippen molar-refractivity contribution < 1.29 is 9.90 Å². The Labute approximate surface area is 99.0 Å². The number of hydrogen-bond acceptors (Lipinski definition) is 7. The number of carboxylic acid groups (broad SMARTS) is 1. The third-order valence-corrected chi connectivity index (χ3v) is 3.15. The van der Waals surface area contributed by atoms with Gasteiger partial charge in [-0.15, -0.1) is 0 Å². The first-order valence-electron chi connectivity index (χ1n) is 4.18. The molecule has 2 rings (SSSR count). The normalized spacial score (nSPS) is 10.3. The highest BCUT2D eigenvalue weighted by atomic mass is 32.2. The molecule has 0 aliphatic rings. The summed E-state index contributed by atoms with van der Waals surface area (Å²) in [5.74, 6) is -1.07. The lowest BCUT2D eigenvalue weighted by Gasteiger charge is -2.00. The van der Waals surface area contributed by atoms with Gasteiger partial charge in [0.15, 0.2) is 15.2 Å². The van der Waals surface area contributed by atoms with Crippen molar-refractivity contribution >= 4 is 29.3 Å². The molecular weight excluding hydrogens is 248 g/mol. The minimum absolute atomic E-state index is 0.0143. The Kier molecular flexibility index (Phi) is 3.11. The molecule has 0 saturated carbocycles. The third-order valence-electron chi connectivity index (χ3n) is 1.57. The van der Waals surface area contributed by atoms with Crippen LogP contribution in [0, 0.1) is 6.92 Å². The third kappa shape index (κ3) is 2.52. The van der Waals surface area contributed by atoms with E-state index < -0.39 is 5.97 Å². The smallest absolute Gasteiger partial charge is 0.354 e. The zero-order valence-electron chi connectivity index (χ0n) is 8.12. The van der Waals surface area contributed by atoms with Crippen molar-refractivity contribution in [3.63, 3.8) is 0 Å². The van der Waals surface area contributed by atoms with Crippen molar-refractivity contribution in [1.29, 1.82) is 0 Å². The Hall–Kier alpha value is -1.54. The van der Waals surface area contributed by atoms with Crippen LogP contribution in [0.2, 0.25) is 0 Å². The van der Waals surface area contributed by atoms with Crippen molar-refractivity contribution in [2.45, 2.75) is 16.4 Å². The highest BCUT2D eigenvalue weighted by molar-refractivity contribution is 8.00. The van der Waals surface area contributed by atoms with Crippen LogP contribution in [-0.2, 0) is 0 Å². The van der Waals surface area contributed by atoms with Gasteiger partial charge in [-0.25, -0.2) is 19.7 Å². The molecule has 2 aromatic rings. The molecule has 0 unspecified atom stereocenters. The second-order valence-corrected chi connectivity index (χ2v) is 4.79. The maximum Gasteiger partial charge on any atom is 0.354 e. The van der Waals surface area contributed by atoms with Crippen LogP contribution in [0.1, 0.15) is 16.2 Å². The molecule has 2 heterocycles. The number of aromatic carboxylic acids is 1. The van der Waals surface area contributed by atoms with Crippen molar-refractivity contribution in [1.82, 2.24) is 19.3 Å². The second-order valence-electron chi connectivity index (χ2n) is 2.79. The van der Waals surface area contributed by atoms with Crippen LogP contribution in [0.3, 0.4) is 0 Å². The molecule has 0 amide bonds. The van der Waals surface area contributed by atoms with Crippen LogP contribution in [0.4, 0.5) is 0 Å². The Balaban J connectivity index is 2.31. The van der Waals surface area contributed by atoms with Gasteiger partial charge in [0.1, 0.15) is 6.33 Å². The molecule has 1 N–H and O–H groups in total. The summed E-state index contributed by atoms with van der Waals surface area (Å²) in [6, 6.07) is 1.42. The van der Waals surface area contributed by atoms with E-state index in [4.69, 9.17) is 5.11 Å². The Morgan fingerprint density at radius 1 is 1.50 bits per heavy atom. The summed E-state index contributed by atoms with van der Waals surface area (Å²) in [6.07, 6.45) is 1.43. The lowest BCUT2D eigenvalue weighted by Crippen LogP contribution is -2.03. The van der Waals surface area contributed by atoms with E-state index in [1.165, 1.54) is 35.7 Å². The van der Waals surface area contributed by atoms with Crippen molar-refractivity contribution in [3.05, 3.63) is 23.8 Å². The monoisotopic (exact) mass is 254 g/mol. The molecule has 0 bridgehead atoms. The average Bonchev–Trinajstić information content (AvgIpc) is 2.69. The van der Waals surface area contributed by atoms with Crippen molar-refractivity contribution in [3.8, 4) is 0 Å². The fourth-order valence-electron chi connectivity index (χ4n) is 0.983. The zero-order valence-corrected chi connectivity index (χ0v) is 9.75. The Morgan fingerprint density at radius 2 is 2.31 bits per heavy atom. The summed E-state index contributed by atoms with van der Waals surface area (Å²) in [4.78, 5) is 22.8. The van der Waals surface area contributed by atoms with E-state index in [1.807, 2.05) is 0 Å². The Morgan fingerprint density at radius 3 is 2.94 bits per heavy atom. The average molecular weight is 254 g/mol. The molecule has 82 valence electrons. The molecule has 0 atom stereocenters. The quantitative estimate of drug-likeness (QED) is 0.830.